The molecule has 10 heteroatoms. The van der Waals surface area contributed by atoms with Crippen molar-refractivity contribution in [3.63, 3.8) is 0 Å². The third-order valence-corrected chi connectivity index (χ3v) is 5.72. The van der Waals surface area contributed by atoms with Crippen LogP contribution in [0.5, 0.6) is 0 Å². The summed E-state index contributed by atoms with van der Waals surface area (Å²) in [5.41, 5.74) is 0.307. The second kappa shape index (κ2) is 7.62. The summed E-state index contributed by atoms with van der Waals surface area (Å²) in [6.45, 7) is 1.33. The van der Waals surface area contributed by atoms with E-state index in [2.05, 4.69) is 20.0 Å². The van der Waals surface area contributed by atoms with E-state index in [0.717, 1.165) is 5.82 Å². The second-order valence-corrected chi connectivity index (χ2v) is 7.65. The Kier molecular flexibility index (Phi) is 4.78. The molecule has 0 saturated carbocycles. The Bertz CT molecular complexity index is 1100. The predicted molar refractivity (Wildman–Crippen MR) is 108 cm³/mol. The summed E-state index contributed by atoms with van der Waals surface area (Å²) in [6.07, 6.45) is 2.39. The van der Waals surface area contributed by atoms with Crippen LogP contribution in [0.4, 0.5) is 20.7 Å². The topological polar surface area (TPSA) is 105 Å². The zero-order valence-electron chi connectivity index (χ0n) is 16.6. The second-order valence-electron chi connectivity index (χ2n) is 7.65. The van der Waals surface area contributed by atoms with Gasteiger partial charge in [0.15, 0.2) is 0 Å². The van der Waals surface area contributed by atoms with E-state index in [9.17, 15) is 9.18 Å². The summed E-state index contributed by atoms with van der Waals surface area (Å²) in [6, 6.07) is 9.93. The van der Waals surface area contributed by atoms with Crippen LogP contribution >= 0.6 is 0 Å². The van der Waals surface area contributed by atoms with Crippen molar-refractivity contribution in [1.29, 1.82) is 0 Å². The van der Waals surface area contributed by atoms with Crippen LogP contribution in [0.2, 0.25) is 0 Å². The van der Waals surface area contributed by atoms with Gasteiger partial charge in [-0.2, -0.15) is 4.98 Å². The zero-order chi connectivity index (χ0) is 21.4. The van der Waals surface area contributed by atoms with E-state index in [1.807, 2.05) is 12.1 Å². The smallest absolute Gasteiger partial charge is 0.415 e. The maximum atomic E-state index is 14.1. The molecule has 0 unspecified atom stereocenters. The van der Waals surface area contributed by atoms with E-state index in [1.54, 1.807) is 24.4 Å². The van der Waals surface area contributed by atoms with Gasteiger partial charge in [-0.15, -0.1) is 0 Å². The predicted octanol–water partition coefficient (Wildman–Crippen LogP) is 2.76. The van der Waals surface area contributed by atoms with Crippen LogP contribution in [-0.4, -0.2) is 51.6 Å². The molecule has 160 valence electrons. The molecule has 2 aliphatic heterocycles. The summed E-state index contributed by atoms with van der Waals surface area (Å²) in [5.74, 6) is 0.869. The van der Waals surface area contributed by atoms with Gasteiger partial charge in [-0.25, -0.2) is 14.2 Å². The minimum atomic E-state index is -0.624. The number of halogens is 1. The number of para-hydroxylation sites is 1. The molecule has 4 heterocycles. The van der Waals surface area contributed by atoms with Crippen molar-refractivity contribution in [1.82, 2.24) is 15.1 Å². The van der Waals surface area contributed by atoms with E-state index in [0.29, 0.717) is 43.9 Å². The average molecular weight is 425 g/mol. The fraction of sp³-hybridized carbons (Fsp3) is 0.333. The van der Waals surface area contributed by atoms with Crippen LogP contribution in [0.15, 0.2) is 47.1 Å². The lowest BCUT2D eigenvalue weighted by Crippen LogP contribution is -2.47. The Balaban J connectivity index is 1.25. The lowest BCUT2D eigenvalue weighted by molar-refractivity contribution is 0.0366. The normalized spacial score (nSPS) is 17.9. The van der Waals surface area contributed by atoms with Crippen LogP contribution in [0.3, 0.4) is 0 Å². The van der Waals surface area contributed by atoms with Crippen molar-refractivity contribution in [3.05, 3.63) is 54.3 Å². The van der Waals surface area contributed by atoms with Gasteiger partial charge < -0.3 is 19.3 Å². The number of nitrogens with zero attached hydrogens (tertiary/aromatic N) is 5. The highest BCUT2D eigenvalue weighted by Gasteiger charge is 2.48. The Hall–Kier alpha value is -3.53. The van der Waals surface area contributed by atoms with Gasteiger partial charge in [0.1, 0.15) is 23.8 Å². The monoisotopic (exact) mass is 425 g/mol. The van der Waals surface area contributed by atoms with Gasteiger partial charge in [-0.1, -0.05) is 17.3 Å². The highest BCUT2D eigenvalue weighted by Crippen LogP contribution is 2.37. The maximum absolute atomic E-state index is 14.1. The Labute approximate surface area is 177 Å². The summed E-state index contributed by atoms with van der Waals surface area (Å²) < 4.78 is 24.8. The first kappa shape index (κ1) is 19.4. The summed E-state index contributed by atoms with van der Waals surface area (Å²) in [7, 11) is 0. The molecule has 0 atom stereocenters. The molecule has 0 bridgehead atoms. The minimum absolute atomic E-state index is 0.149. The molecule has 0 aliphatic carbocycles. The molecule has 9 nitrogen and oxygen atoms in total. The van der Waals surface area contributed by atoms with Crippen molar-refractivity contribution in [2.45, 2.75) is 25.0 Å². The molecule has 1 spiro atoms. The Morgan fingerprint density at radius 2 is 1.97 bits per heavy atom. The molecule has 2 saturated heterocycles. The summed E-state index contributed by atoms with van der Waals surface area (Å²) in [5, 5.41) is 12.9. The van der Waals surface area contributed by atoms with Gasteiger partial charge in [0.25, 0.3) is 5.89 Å². The number of anilines is 2. The van der Waals surface area contributed by atoms with Crippen molar-refractivity contribution < 1.29 is 23.6 Å². The number of carbonyl (C=O) groups excluding carboxylic acids is 1. The molecule has 2 fully saturated rings. The summed E-state index contributed by atoms with van der Waals surface area (Å²) in [4.78, 5) is 24.5. The Morgan fingerprint density at radius 3 is 2.65 bits per heavy atom. The number of aliphatic hydroxyl groups excluding tert-OH is 1. The number of ether oxygens (including phenoxy) is 1. The molecular weight excluding hydrogens is 405 g/mol. The molecule has 0 radical (unpaired) electrons. The SMILES string of the molecule is O=C1OC2(CCN(c3ccc(-c4noc(CO)n4)cn3)CC2)CN1c1ccccc1F. The number of rotatable bonds is 4. The number of carbonyl (C=O) groups is 1. The van der Waals surface area contributed by atoms with Crippen LogP contribution in [0.25, 0.3) is 11.4 Å². The number of aliphatic hydroxyl groups is 1. The number of pyridine rings is 1. The van der Waals surface area contributed by atoms with Crippen molar-refractivity contribution in [2.24, 2.45) is 0 Å². The molecule has 1 N–H and O–H groups in total. The van der Waals surface area contributed by atoms with E-state index in [4.69, 9.17) is 14.4 Å². The van der Waals surface area contributed by atoms with Crippen molar-refractivity contribution in [2.75, 3.05) is 29.4 Å². The van der Waals surface area contributed by atoms with Gasteiger partial charge in [0, 0.05) is 37.7 Å². The number of piperidine rings is 1. The lowest BCUT2D eigenvalue weighted by Gasteiger charge is -2.38. The zero-order valence-corrected chi connectivity index (χ0v) is 16.6. The van der Waals surface area contributed by atoms with Crippen LogP contribution in [0.1, 0.15) is 18.7 Å². The van der Waals surface area contributed by atoms with E-state index >= 15 is 0 Å². The van der Waals surface area contributed by atoms with Crippen LogP contribution < -0.4 is 9.80 Å². The molecule has 2 aliphatic rings. The van der Waals surface area contributed by atoms with Crippen LogP contribution in [0, 0.1) is 5.82 Å². The van der Waals surface area contributed by atoms with Crippen molar-refractivity contribution in [3.8, 4) is 11.4 Å². The summed E-state index contributed by atoms with van der Waals surface area (Å²) >= 11 is 0. The van der Waals surface area contributed by atoms with E-state index in [-0.39, 0.29) is 18.2 Å². The largest absolute Gasteiger partial charge is 0.440 e. The van der Waals surface area contributed by atoms with Gasteiger partial charge in [0.2, 0.25) is 5.82 Å². The number of hydrogen-bond donors (Lipinski definition) is 1. The van der Waals surface area contributed by atoms with E-state index < -0.39 is 17.5 Å². The van der Waals surface area contributed by atoms with Gasteiger partial charge in [-0.3, -0.25) is 4.90 Å². The average Bonchev–Trinajstić information content (AvgIpc) is 3.40. The molecule has 5 rings (SSSR count). The minimum Gasteiger partial charge on any atom is -0.440 e. The Morgan fingerprint density at radius 1 is 1.16 bits per heavy atom. The highest BCUT2D eigenvalue weighted by molar-refractivity contribution is 5.90. The number of hydrogen-bond acceptors (Lipinski definition) is 8. The number of aromatic nitrogens is 3. The van der Waals surface area contributed by atoms with Gasteiger partial charge in [0.05, 0.1) is 12.2 Å². The van der Waals surface area contributed by atoms with Gasteiger partial charge >= 0.3 is 6.09 Å². The van der Waals surface area contributed by atoms with E-state index in [1.165, 1.54) is 11.0 Å². The molecule has 3 aromatic rings. The third kappa shape index (κ3) is 3.59. The number of amides is 1. The molecule has 1 amide bonds. The molecule has 2 aromatic heterocycles. The fourth-order valence-corrected chi connectivity index (χ4v) is 4.02. The fourth-order valence-electron chi connectivity index (χ4n) is 4.02. The van der Waals surface area contributed by atoms with Crippen LogP contribution in [-0.2, 0) is 11.3 Å². The molecular formula is C21H20FN5O4. The first-order valence-corrected chi connectivity index (χ1v) is 9.97. The standard InChI is InChI=1S/C21H20FN5O4/c22-15-3-1-2-4-16(15)27-13-21(30-20(27)29)7-9-26(10-8-21)17-6-5-14(11-23-17)19-24-18(12-28)31-25-19/h1-6,11,28H,7-10,12-13H2. The lowest BCUT2D eigenvalue weighted by atomic mass is 9.91. The maximum Gasteiger partial charge on any atom is 0.415 e. The molecule has 31 heavy (non-hydrogen) atoms. The highest BCUT2D eigenvalue weighted by atomic mass is 19.1. The third-order valence-electron chi connectivity index (χ3n) is 5.72. The number of benzene rings is 1. The molecule has 1 aromatic carbocycles. The van der Waals surface area contributed by atoms with Crippen molar-refractivity contribution >= 4 is 17.6 Å². The first-order chi connectivity index (χ1) is 15.1. The quantitative estimate of drug-likeness (QED) is 0.680. The van der Waals surface area contributed by atoms with Gasteiger partial charge in [-0.05, 0) is 24.3 Å². The first-order valence-electron chi connectivity index (χ1n) is 9.97.